The van der Waals surface area contributed by atoms with Crippen molar-refractivity contribution in [3.05, 3.63) is 30.0 Å². The molecule has 2 aromatic heterocycles. The lowest BCUT2D eigenvalue weighted by atomic mass is 10.1. The van der Waals surface area contributed by atoms with Gasteiger partial charge in [0, 0.05) is 39.2 Å². The zero-order valence-electron chi connectivity index (χ0n) is 16.0. The molecule has 1 fully saturated rings. The molecule has 0 spiro atoms. The van der Waals surface area contributed by atoms with E-state index in [0.29, 0.717) is 29.7 Å². The quantitative estimate of drug-likeness (QED) is 0.653. The number of hydrogen-bond donors (Lipinski definition) is 0. The van der Waals surface area contributed by atoms with Gasteiger partial charge in [-0.1, -0.05) is 11.3 Å². The van der Waals surface area contributed by atoms with E-state index in [1.807, 2.05) is 23.1 Å². The summed E-state index contributed by atoms with van der Waals surface area (Å²) in [5.74, 6) is 1.10. The Morgan fingerprint density at radius 3 is 2.71 bits per heavy atom. The van der Waals surface area contributed by atoms with Gasteiger partial charge < -0.3 is 19.1 Å². The number of fused-ring (bicyclic) bond motifs is 1. The number of carbonyl (C=O) groups excluding carboxylic acids is 1. The minimum atomic E-state index is -0.0597. The molecule has 4 rings (SSSR count). The monoisotopic (exact) mass is 402 g/mol. The fraction of sp³-hybridized carbons (Fsp3) is 0.421. The molecule has 0 atom stereocenters. The third kappa shape index (κ3) is 3.62. The largest absolute Gasteiger partial charge is 0.497 e. The second kappa shape index (κ2) is 7.67. The Labute approximate surface area is 166 Å². The maximum absolute atomic E-state index is 12.8. The maximum Gasteiger partial charge on any atom is 0.274 e. The van der Waals surface area contributed by atoms with Gasteiger partial charge in [-0.05, 0) is 18.2 Å². The number of benzene rings is 1. The van der Waals surface area contributed by atoms with Crippen molar-refractivity contribution in [2.45, 2.75) is 18.9 Å². The lowest BCUT2D eigenvalue weighted by molar-refractivity contribution is 0.0592. The van der Waals surface area contributed by atoms with Crippen LogP contribution in [0, 0.1) is 0 Å². The number of carbonyl (C=O) groups is 1. The summed E-state index contributed by atoms with van der Waals surface area (Å²) >= 11 is 1.51. The van der Waals surface area contributed by atoms with E-state index in [0.717, 1.165) is 28.8 Å². The van der Waals surface area contributed by atoms with E-state index in [-0.39, 0.29) is 12.0 Å². The van der Waals surface area contributed by atoms with Crippen molar-refractivity contribution in [2.24, 2.45) is 7.05 Å². The first-order valence-corrected chi connectivity index (χ1v) is 9.87. The molecule has 1 aliphatic heterocycles. The summed E-state index contributed by atoms with van der Waals surface area (Å²) in [6.07, 6.45) is 3.25. The average molecular weight is 402 g/mol. The Balaban J connectivity index is 1.38. The highest BCUT2D eigenvalue weighted by molar-refractivity contribution is 7.20. The van der Waals surface area contributed by atoms with Crippen LogP contribution in [0.15, 0.2) is 24.4 Å². The van der Waals surface area contributed by atoms with Gasteiger partial charge in [0.1, 0.15) is 17.4 Å². The third-order valence-corrected chi connectivity index (χ3v) is 5.70. The van der Waals surface area contributed by atoms with E-state index in [1.165, 1.54) is 18.4 Å². The van der Waals surface area contributed by atoms with Crippen molar-refractivity contribution in [1.29, 1.82) is 0 Å². The minimum absolute atomic E-state index is 0.0438. The van der Waals surface area contributed by atoms with Crippen LogP contribution in [-0.2, 0) is 7.05 Å². The Morgan fingerprint density at radius 2 is 2.00 bits per heavy atom. The van der Waals surface area contributed by atoms with Crippen molar-refractivity contribution in [1.82, 2.24) is 19.7 Å². The van der Waals surface area contributed by atoms with Crippen LogP contribution >= 0.6 is 11.3 Å². The molecule has 1 aromatic carbocycles. The van der Waals surface area contributed by atoms with Gasteiger partial charge in [0.2, 0.25) is 5.88 Å². The van der Waals surface area contributed by atoms with Crippen molar-refractivity contribution >= 4 is 27.5 Å². The molecule has 0 aliphatic carbocycles. The summed E-state index contributed by atoms with van der Waals surface area (Å²) in [5.41, 5.74) is 1.39. The van der Waals surface area contributed by atoms with Crippen LogP contribution in [0.5, 0.6) is 16.8 Å². The Kier molecular flexibility index (Phi) is 5.08. The molecule has 0 N–H and O–H groups in total. The molecule has 0 unspecified atom stereocenters. The van der Waals surface area contributed by atoms with Crippen LogP contribution in [0.4, 0.5) is 0 Å². The molecule has 9 heteroatoms. The molecule has 28 heavy (non-hydrogen) atoms. The molecule has 1 aliphatic rings. The molecule has 3 heterocycles. The number of amides is 1. The molecule has 3 aromatic rings. The van der Waals surface area contributed by atoms with Crippen LogP contribution in [0.25, 0.3) is 10.2 Å². The number of ether oxygens (including phenoxy) is 3. The molecule has 1 amide bonds. The number of aromatic nitrogens is 3. The molecule has 148 valence electrons. The fourth-order valence-electron chi connectivity index (χ4n) is 3.32. The number of aryl methyl sites for hydroxylation is 1. The average Bonchev–Trinajstić information content (AvgIpc) is 3.29. The van der Waals surface area contributed by atoms with Crippen molar-refractivity contribution < 1.29 is 19.0 Å². The molecule has 1 saturated heterocycles. The van der Waals surface area contributed by atoms with Gasteiger partial charge in [-0.3, -0.25) is 9.48 Å². The second-order valence-corrected chi connectivity index (χ2v) is 7.64. The predicted molar refractivity (Wildman–Crippen MR) is 105 cm³/mol. The van der Waals surface area contributed by atoms with Gasteiger partial charge in [-0.2, -0.15) is 0 Å². The summed E-state index contributed by atoms with van der Waals surface area (Å²) in [5, 5.41) is 4.81. The summed E-state index contributed by atoms with van der Waals surface area (Å²) in [6, 6.07) is 5.78. The lowest BCUT2D eigenvalue weighted by Gasteiger charge is -2.31. The second-order valence-electron chi connectivity index (χ2n) is 6.65. The van der Waals surface area contributed by atoms with Crippen LogP contribution < -0.4 is 14.2 Å². The van der Waals surface area contributed by atoms with Gasteiger partial charge >= 0.3 is 0 Å². The fourth-order valence-corrected chi connectivity index (χ4v) is 4.23. The smallest absolute Gasteiger partial charge is 0.274 e. The van der Waals surface area contributed by atoms with E-state index >= 15 is 0 Å². The molecule has 8 nitrogen and oxygen atoms in total. The Hall–Kier alpha value is -2.81. The summed E-state index contributed by atoms with van der Waals surface area (Å²) in [7, 11) is 4.94. The van der Waals surface area contributed by atoms with Gasteiger partial charge in [-0.25, -0.2) is 4.98 Å². The zero-order valence-corrected chi connectivity index (χ0v) is 16.9. The van der Waals surface area contributed by atoms with Gasteiger partial charge in [-0.15, -0.1) is 5.10 Å². The number of hydrogen-bond acceptors (Lipinski definition) is 7. The Bertz CT molecular complexity index is 991. The van der Waals surface area contributed by atoms with E-state index in [2.05, 4.69) is 10.1 Å². The van der Waals surface area contributed by atoms with Gasteiger partial charge in [0.25, 0.3) is 11.1 Å². The van der Waals surface area contributed by atoms with Crippen LogP contribution in [0.3, 0.4) is 0 Å². The van der Waals surface area contributed by atoms with E-state index in [4.69, 9.17) is 14.2 Å². The highest BCUT2D eigenvalue weighted by atomic mass is 32.1. The number of likely N-dealkylation sites (tertiary alicyclic amines) is 1. The number of nitrogens with zero attached hydrogens (tertiary/aromatic N) is 4. The summed E-state index contributed by atoms with van der Waals surface area (Å²) < 4.78 is 19.2. The summed E-state index contributed by atoms with van der Waals surface area (Å²) in [6.45, 7) is 1.25. The van der Waals surface area contributed by atoms with Crippen LogP contribution in [0.2, 0.25) is 0 Å². The normalized spacial score (nSPS) is 15.0. The molecular formula is C19H22N4O4S. The number of piperidine rings is 1. The minimum Gasteiger partial charge on any atom is -0.497 e. The highest BCUT2D eigenvalue weighted by Gasteiger charge is 2.28. The van der Waals surface area contributed by atoms with Crippen LogP contribution in [0.1, 0.15) is 23.2 Å². The predicted octanol–water partition coefficient (Wildman–Crippen LogP) is 2.73. The number of thiazole rings is 1. The van der Waals surface area contributed by atoms with E-state index in [9.17, 15) is 4.79 Å². The SMILES string of the molecule is COc1ccc2nc(OC3CCN(C(=O)c4cn(C)nc4OC)CC3)sc2c1. The lowest BCUT2D eigenvalue weighted by Crippen LogP contribution is -2.41. The molecule has 0 radical (unpaired) electrons. The molecule has 0 bridgehead atoms. The summed E-state index contributed by atoms with van der Waals surface area (Å²) in [4.78, 5) is 19.1. The first-order valence-electron chi connectivity index (χ1n) is 9.05. The molecular weight excluding hydrogens is 380 g/mol. The van der Waals surface area contributed by atoms with Crippen molar-refractivity contribution in [3.8, 4) is 16.8 Å². The first kappa shape index (κ1) is 18.5. The van der Waals surface area contributed by atoms with E-state index < -0.39 is 0 Å². The highest BCUT2D eigenvalue weighted by Crippen LogP contribution is 2.32. The standard InChI is InChI=1S/C19H22N4O4S/c1-22-11-14(17(21-22)26-3)18(24)23-8-6-12(7-9-23)27-19-20-15-5-4-13(25-2)10-16(15)28-19/h4-5,10-12H,6-9H2,1-3H3. The van der Waals surface area contributed by atoms with Gasteiger partial charge in [0.05, 0.1) is 24.4 Å². The topological polar surface area (TPSA) is 78.7 Å². The first-order chi connectivity index (χ1) is 13.6. The van der Waals surface area contributed by atoms with E-state index in [1.54, 1.807) is 25.0 Å². The van der Waals surface area contributed by atoms with Crippen LogP contribution in [-0.4, -0.2) is 59.0 Å². The number of rotatable bonds is 5. The molecule has 0 saturated carbocycles. The van der Waals surface area contributed by atoms with Gasteiger partial charge in [0.15, 0.2) is 0 Å². The number of methoxy groups -OCH3 is 2. The maximum atomic E-state index is 12.8. The third-order valence-electron chi connectivity index (χ3n) is 4.79. The van der Waals surface area contributed by atoms with Crippen molar-refractivity contribution in [2.75, 3.05) is 27.3 Å². The zero-order chi connectivity index (χ0) is 19.7. The van der Waals surface area contributed by atoms with Crippen molar-refractivity contribution in [3.63, 3.8) is 0 Å². The Morgan fingerprint density at radius 1 is 1.21 bits per heavy atom.